The number of aliphatic carboxylic acids is 1. The maximum absolute atomic E-state index is 11.2. The molecule has 0 aliphatic carbocycles. The molecule has 2 atom stereocenters. The molecule has 0 saturated heterocycles. The molecule has 1 aromatic heterocycles. The lowest BCUT2D eigenvalue weighted by Gasteiger charge is -2.13. The van der Waals surface area contributed by atoms with Gasteiger partial charge in [0.25, 0.3) is 0 Å². The molecule has 3 N–H and O–H groups in total. The number of rotatable bonds is 4. The smallest absolute Gasteiger partial charge is 0.348 e. The van der Waals surface area contributed by atoms with Gasteiger partial charge in [-0.25, -0.2) is 9.59 Å². The van der Waals surface area contributed by atoms with E-state index in [1.165, 1.54) is 18.6 Å². The zero-order chi connectivity index (χ0) is 12.3. The quantitative estimate of drug-likeness (QED) is 0.647. The first-order valence-electron chi connectivity index (χ1n) is 4.23. The van der Waals surface area contributed by atoms with Gasteiger partial charge in [-0.1, -0.05) is 0 Å². The predicted octanol–water partition coefficient (Wildman–Crippen LogP) is 0.0136. The average molecular weight is 246 g/mol. The third-order valence-electron chi connectivity index (χ3n) is 1.94. The van der Waals surface area contributed by atoms with E-state index in [0.29, 0.717) is 0 Å². The predicted molar refractivity (Wildman–Crippen MR) is 54.3 cm³/mol. The van der Waals surface area contributed by atoms with E-state index in [2.05, 4.69) is 4.74 Å². The maximum atomic E-state index is 11.2. The zero-order valence-electron chi connectivity index (χ0n) is 8.28. The van der Waals surface area contributed by atoms with Gasteiger partial charge in [-0.3, -0.25) is 0 Å². The van der Waals surface area contributed by atoms with Gasteiger partial charge in [0.2, 0.25) is 0 Å². The summed E-state index contributed by atoms with van der Waals surface area (Å²) in [5.74, 6) is -2.24. The van der Waals surface area contributed by atoms with E-state index >= 15 is 0 Å². The number of carboxylic acids is 1. The molecule has 0 bridgehead atoms. The Labute approximate surface area is 94.7 Å². The van der Waals surface area contributed by atoms with Gasteiger partial charge in [-0.15, -0.1) is 11.3 Å². The number of carboxylic acid groups (broad SMARTS) is 1. The first-order chi connectivity index (χ1) is 7.49. The Bertz CT molecular complexity index is 398. The van der Waals surface area contributed by atoms with E-state index in [4.69, 9.17) is 10.2 Å². The number of hydrogen-bond donors (Lipinski definition) is 3. The summed E-state index contributed by atoms with van der Waals surface area (Å²) in [6, 6.07) is 1.37. The van der Waals surface area contributed by atoms with Crippen LogP contribution in [0.5, 0.6) is 0 Å². The van der Waals surface area contributed by atoms with Crippen molar-refractivity contribution >= 4 is 23.3 Å². The van der Waals surface area contributed by atoms with Crippen LogP contribution in [0.4, 0.5) is 0 Å². The number of carbonyl (C=O) groups excluding carboxylic acids is 1. The molecule has 2 unspecified atom stereocenters. The molecular formula is C9H10O6S. The van der Waals surface area contributed by atoms with Crippen LogP contribution in [0.2, 0.25) is 0 Å². The fourth-order valence-electron chi connectivity index (χ4n) is 1.12. The van der Waals surface area contributed by atoms with Crippen molar-refractivity contribution < 1.29 is 29.6 Å². The molecule has 0 radical (unpaired) electrons. The Morgan fingerprint density at radius 3 is 2.56 bits per heavy atom. The average Bonchev–Trinajstić information content (AvgIpc) is 2.74. The molecule has 16 heavy (non-hydrogen) atoms. The van der Waals surface area contributed by atoms with Crippen LogP contribution in [-0.4, -0.2) is 40.5 Å². The molecule has 6 nitrogen and oxygen atoms in total. The first-order valence-corrected chi connectivity index (χ1v) is 5.11. The molecule has 1 rings (SSSR count). The number of methoxy groups -OCH3 is 1. The molecule has 7 heteroatoms. The van der Waals surface area contributed by atoms with Crippen LogP contribution in [-0.2, 0) is 9.53 Å². The largest absolute Gasteiger partial charge is 0.479 e. The highest BCUT2D eigenvalue weighted by atomic mass is 32.1. The van der Waals surface area contributed by atoms with E-state index in [1.807, 2.05) is 0 Å². The molecular weight excluding hydrogens is 236 g/mol. The van der Waals surface area contributed by atoms with Gasteiger partial charge in [0, 0.05) is 5.56 Å². The van der Waals surface area contributed by atoms with E-state index in [-0.39, 0.29) is 10.4 Å². The summed E-state index contributed by atoms with van der Waals surface area (Å²) in [6.07, 6.45) is -3.63. The molecule has 1 aromatic rings. The van der Waals surface area contributed by atoms with Gasteiger partial charge in [-0.2, -0.15) is 0 Å². The normalized spacial score (nSPS) is 14.2. The Balaban J connectivity index is 3.00. The van der Waals surface area contributed by atoms with Crippen LogP contribution >= 0.6 is 11.3 Å². The maximum Gasteiger partial charge on any atom is 0.348 e. The number of esters is 1. The molecule has 1 heterocycles. The monoisotopic (exact) mass is 246 g/mol. The van der Waals surface area contributed by atoms with Gasteiger partial charge < -0.3 is 20.1 Å². The third kappa shape index (κ3) is 2.38. The van der Waals surface area contributed by atoms with E-state index in [1.54, 1.807) is 0 Å². The molecule has 0 aliphatic rings. The molecule has 0 fully saturated rings. The number of thiophene rings is 1. The minimum absolute atomic E-state index is 0.0479. The number of aliphatic hydroxyl groups excluding tert-OH is 2. The number of hydrogen-bond acceptors (Lipinski definition) is 6. The highest BCUT2D eigenvalue weighted by Crippen LogP contribution is 2.26. The minimum atomic E-state index is -1.97. The van der Waals surface area contributed by atoms with Crippen molar-refractivity contribution in [2.24, 2.45) is 0 Å². The summed E-state index contributed by atoms with van der Waals surface area (Å²) in [5.41, 5.74) is 0.0479. The van der Waals surface area contributed by atoms with Gasteiger partial charge in [0.1, 0.15) is 11.0 Å². The molecule has 0 amide bonds. The molecule has 0 saturated carbocycles. The minimum Gasteiger partial charge on any atom is -0.479 e. The van der Waals surface area contributed by atoms with Crippen molar-refractivity contribution in [3.8, 4) is 0 Å². The number of carbonyl (C=O) groups is 2. The van der Waals surface area contributed by atoms with Crippen LogP contribution in [0.25, 0.3) is 0 Å². The zero-order valence-corrected chi connectivity index (χ0v) is 9.10. The fraction of sp³-hybridized carbons (Fsp3) is 0.333. The topological polar surface area (TPSA) is 104 Å². The van der Waals surface area contributed by atoms with Crippen molar-refractivity contribution in [1.29, 1.82) is 0 Å². The summed E-state index contributed by atoms with van der Waals surface area (Å²) in [6.45, 7) is 0. The summed E-state index contributed by atoms with van der Waals surface area (Å²) in [7, 11) is 1.17. The third-order valence-corrected chi connectivity index (χ3v) is 2.85. The summed E-state index contributed by atoms with van der Waals surface area (Å²) in [5, 5.41) is 28.7. The summed E-state index contributed by atoms with van der Waals surface area (Å²) < 4.78 is 4.46. The highest BCUT2D eigenvalue weighted by Gasteiger charge is 2.29. The van der Waals surface area contributed by atoms with Crippen LogP contribution in [0.1, 0.15) is 21.3 Å². The van der Waals surface area contributed by atoms with Crippen LogP contribution in [0.3, 0.4) is 0 Å². The second-order valence-electron chi connectivity index (χ2n) is 2.92. The van der Waals surface area contributed by atoms with Gasteiger partial charge >= 0.3 is 11.9 Å². The van der Waals surface area contributed by atoms with Crippen LogP contribution in [0.15, 0.2) is 11.4 Å². The van der Waals surface area contributed by atoms with Crippen LogP contribution < -0.4 is 0 Å². The molecule has 88 valence electrons. The van der Waals surface area contributed by atoms with E-state index in [0.717, 1.165) is 11.3 Å². The fourth-order valence-corrected chi connectivity index (χ4v) is 1.97. The van der Waals surface area contributed by atoms with E-state index in [9.17, 15) is 14.7 Å². The summed E-state index contributed by atoms with van der Waals surface area (Å²) >= 11 is 1.00. The lowest BCUT2D eigenvalue weighted by molar-refractivity contribution is -0.153. The molecule has 0 aromatic carbocycles. The van der Waals surface area contributed by atoms with Gasteiger partial charge in [-0.05, 0) is 11.4 Å². The second kappa shape index (κ2) is 5.06. The SMILES string of the molecule is COC(=O)c1sccc1C(O)C(O)C(=O)O. The Morgan fingerprint density at radius 1 is 1.44 bits per heavy atom. The molecule has 0 aliphatic heterocycles. The first kappa shape index (κ1) is 12.6. The molecule has 0 spiro atoms. The second-order valence-corrected chi connectivity index (χ2v) is 3.84. The Morgan fingerprint density at radius 2 is 2.06 bits per heavy atom. The van der Waals surface area contributed by atoms with Crippen molar-refractivity contribution in [2.45, 2.75) is 12.2 Å². The lowest BCUT2D eigenvalue weighted by atomic mass is 10.1. The van der Waals surface area contributed by atoms with Crippen molar-refractivity contribution in [2.75, 3.05) is 7.11 Å². The van der Waals surface area contributed by atoms with Gasteiger partial charge in [0.15, 0.2) is 6.10 Å². The van der Waals surface area contributed by atoms with Crippen LogP contribution in [0, 0.1) is 0 Å². The Hall–Kier alpha value is -1.44. The van der Waals surface area contributed by atoms with Gasteiger partial charge in [0.05, 0.1) is 7.11 Å². The standard InChI is InChI=1S/C9H10O6S/c1-15-9(14)7-4(2-3-16-7)5(10)6(11)8(12)13/h2-3,5-6,10-11H,1H3,(H,12,13). The highest BCUT2D eigenvalue weighted by molar-refractivity contribution is 7.12. The summed E-state index contributed by atoms with van der Waals surface area (Å²) in [4.78, 5) is 21.8. The van der Waals surface area contributed by atoms with E-state index < -0.39 is 24.1 Å². The number of ether oxygens (including phenoxy) is 1. The lowest BCUT2D eigenvalue weighted by Crippen LogP contribution is -2.28. The van der Waals surface area contributed by atoms with Crippen molar-refractivity contribution in [3.63, 3.8) is 0 Å². The van der Waals surface area contributed by atoms with Crippen molar-refractivity contribution in [3.05, 3.63) is 21.9 Å². The number of aliphatic hydroxyl groups is 2. The Kier molecular flexibility index (Phi) is 3.99. The van der Waals surface area contributed by atoms with Crippen molar-refractivity contribution in [1.82, 2.24) is 0 Å².